The number of hydrogen-bond donors (Lipinski definition) is 2. The second-order valence-electron chi connectivity index (χ2n) is 3.54. The van der Waals surface area contributed by atoms with Crippen LogP contribution in [0.3, 0.4) is 0 Å². The molecule has 1 aromatic rings. The molecule has 0 fully saturated rings. The van der Waals surface area contributed by atoms with Gasteiger partial charge in [-0.2, -0.15) is 0 Å². The Morgan fingerprint density at radius 3 is 2.69 bits per heavy atom. The number of aliphatic carboxylic acids is 1. The molecule has 1 unspecified atom stereocenters. The van der Waals surface area contributed by atoms with E-state index in [1.165, 1.54) is 13.2 Å². The highest BCUT2D eigenvalue weighted by Gasteiger charge is 2.16. The molecule has 0 radical (unpaired) electrons. The summed E-state index contributed by atoms with van der Waals surface area (Å²) in [5.74, 6) is -0.635. The molecule has 0 aliphatic heterocycles. The van der Waals surface area contributed by atoms with E-state index in [0.717, 1.165) is 5.56 Å². The highest BCUT2D eigenvalue weighted by atomic mass is 79.9. The summed E-state index contributed by atoms with van der Waals surface area (Å²) in [6.07, 6.45) is 0.0343. The van der Waals surface area contributed by atoms with Gasteiger partial charge in [-0.3, -0.25) is 4.79 Å². The largest absolute Gasteiger partial charge is 0.504 e. The summed E-state index contributed by atoms with van der Waals surface area (Å²) in [6.45, 7) is 1.81. The molecule has 0 saturated heterocycles. The maximum atomic E-state index is 10.6. The lowest BCUT2D eigenvalue weighted by atomic mass is 9.97. The minimum absolute atomic E-state index is 0.0284. The molecule has 1 aromatic carbocycles. The fraction of sp³-hybridized carbons (Fsp3) is 0.364. The number of phenolic OH excluding ortho intramolecular Hbond substituents is 1. The van der Waals surface area contributed by atoms with Crippen molar-refractivity contribution in [2.24, 2.45) is 0 Å². The van der Waals surface area contributed by atoms with Crippen LogP contribution in [-0.2, 0) is 4.79 Å². The molecule has 2 N–H and O–H groups in total. The first kappa shape index (κ1) is 12.8. The lowest BCUT2D eigenvalue weighted by Gasteiger charge is -2.14. The van der Waals surface area contributed by atoms with Crippen molar-refractivity contribution in [3.8, 4) is 11.5 Å². The van der Waals surface area contributed by atoms with Crippen LogP contribution in [0.15, 0.2) is 16.6 Å². The van der Waals surface area contributed by atoms with Gasteiger partial charge in [0.25, 0.3) is 0 Å². The van der Waals surface area contributed by atoms with Crippen molar-refractivity contribution >= 4 is 21.9 Å². The van der Waals surface area contributed by atoms with E-state index in [1.807, 2.05) is 6.92 Å². The molecular weight excluding hydrogens is 276 g/mol. The number of carboxylic acids is 1. The first-order chi connectivity index (χ1) is 7.45. The summed E-state index contributed by atoms with van der Waals surface area (Å²) in [4.78, 5) is 10.6. The molecule has 0 spiro atoms. The van der Waals surface area contributed by atoms with Crippen molar-refractivity contribution in [1.29, 1.82) is 0 Å². The lowest BCUT2D eigenvalue weighted by molar-refractivity contribution is -0.137. The average molecular weight is 289 g/mol. The van der Waals surface area contributed by atoms with Crippen LogP contribution in [0.25, 0.3) is 0 Å². The molecule has 0 aliphatic carbocycles. The minimum atomic E-state index is -0.855. The monoisotopic (exact) mass is 288 g/mol. The van der Waals surface area contributed by atoms with Gasteiger partial charge in [0.1, 0.15) is 0 Å². The van der Waals surface area contributed by atoms with Gasteiger partial charge >= 0.3 is 5.97 Å². The number of benzene rings is 1. The standard InChI is InChI=1S/C11H13BrO4/c1-6(3-11(14)15)7-4-10(16-2)9(13)5-8(7)12/h4-6,13H,3H2,1-2H3,(H,14,15). The van der Waals surface area contributed by atoms with Crippen LogP contribution in [0.2, 0.25) is 0 Å². The molecule has 88 valence electrons. The first-order valence-electron chi connectivity index (χ1n) is 4.74. The molecule has 0 saturated carbocycles. The molecular formula is C11H13BrO4. The maximum Gasteiger partial charge on any atom is 0.303 e. The van der Waals surface area contributed by atoms with Gasteiger partial charge in [0, 0.05) is 4.47 Å². The average Bonchev–Trinajstić information content (AvgIpc) is 2.16. The lowest BCUT2D eigenvalue weighted by Crippen LogP contribution is -2.04. The van der Waals surface area contributed by atoms with Crippen LogP contribution in [0.1, 0.15) is 24.8 Å². The van der Waals surface area contributed by atoms with Gasteiger partial charge in [0.05, 0.1) is 13.5 Å². The van der Waals surface area contributed by atoms with Gasteiger partial charge in [-0.15, -0.1) is 0 Å². The summed E-state index contributed by atoms with van der Waals surface area (Å²) in [6, 6.07) is 3.15. The molecule has 0 bridgehead atoms. The smallest absolute Gasteiger partial charge is 0.303 e. The van der Waals surface area contributed by atoms with Crippen LogP contribution >= 0.6 is 15.9 Å². The van der Waals surface area contributed by atoms with Crippen LogP contribution < -0.4 is 4.74 Å². The third-order valence-electron chi connectivity index (χ3n) is 2.31. The summed E-state index contributed by atoms with van der Waals surface area (Å²) in [5.41, 5.74) is 0.803. The molecule has 4 nitrogen and oxygen atoms in total. The number of phenols is 1. The van der Waals surface area contributed by atoms with Crippen molar-refractivity contribution < 1.29 is 19.7 Å². The van der Waals surface area contributed by atoms with Crippen LogP contribution in [-0.4, -0.2) is 23.3 Å². The topological polar surface area (TPSA) is 66.8 Å². The minimum Gasteiger partial charge on any atom is -0.504 e. The van der Waals surface area contributed by atoms with Crippen molar-refractivity contribution in [2.75, 3.05) is 7.11 Å². The van der Waals surface area contributed by atoms with E-state index in [9.17, 15) is 9.90 Å². The number of hydrogen-bond acceptors (Lipinski definition) is 3. The van der Waals surface area contributed by atoms with Crippen LogP contribution in [0.5, 0.6) is 11.5 Å². The quantitative estimate of drug-likeness (QED) is 0.894. The molecule has 1 atom stereocenters. The van der Waals surface area contributed by atoms with Crippen molar-refractivity contribution in [3.05, 3.63) is 22.2 Å². The van der Waals surface area contributed by atoms with Crippen molar-refractivity contribution in [2.45, 2.75) is 19.3 Å². The molecule has 5 heteroatoms. The van der Waals surface area contributed by atoms with E-state index >= 15 is 0 Å². The summed E-state index contributed by atoms with van der Waals surface area (Å²) < 4.78 is 5.66. The van der Waals surface area contributed by atoms with E-state index in [4.69, 9.17) is 9.84 Å². The molecule has 0 heterocycles. The molecule has 0 aliphatic rings. The Hall–Kier alpha value is -1.23. The Balaban J connectivity index is 3.08. The number of methoxy groups -OCH3 is 1. The normalized spacial score (nSPS) is 12.2. The number of carboxylic acid groups (broad SMARTS) is 1. The Bertz CT molecular complexity index is 403. The van der Waals surface area contributed by atoms with Gasteiger partial charge in [-0.1, -0.05) is 22.9 Å². The second kappa shape index (κ2) is 5.21. The van der Waals surface area contributed by atoms with Crippen molar-refractivity contribution in [3.63, 3.8) is 0 Å². The predicted octanol–water partition coefficient (Wildman–Crippen LogP) is 2.74. The number of halogens is 1. The second-order valence-corrected chi connectivity index (χ2v) is 4.40. The van der Waals surface area contributed by atoms with Crippen LogP contribution in [0, 0.1) is 0 Å². The zero-order valence-corrected chi connectivity index (χ0v) is 10.6. The third kappa shape index (κ3) is 2.88. The van der Waals surface area contributed by atoms with E-state index < -0.39 is 5.97 Å². The number of aromatic hydroxyl groups is 1. The maximum absolute atomic E-state index is 10.6. The molecule has 0 amide bonds. The van der Waals surface area contributed by atoms with E-state index in [2.05, 4.69) is 15.9 Å². The number of ether oxygens (including phenoxy) is 1. The van der Waals surface area contributed by atoms with Gasteiger partial charge in [-0.25, -0.2) is 0 Å². The molecule has 0 aromatic heterocycles. The SMILES string of the molecule is COc1cc(C(C)CC(=O)O)c(Br)cc1O. The van der Waals surface area contributed by atoms with E-state index in [0.29, 0.717) is 10.2 Å². The first-order valence-corrected chi connectivity index (χ1v) is 5.53. The number of carbonyl (C=O) groups is 1. The Labute approximate surface area is 102 Å². The van der Waals surface area contributed by atoms with E-state index in [-0.39, 0.29) is 18.1 Å². The Morgan fingerprint density at radius 2 is 2.19 bits per heavy atom. The predicted molar refractivity (Wildman–Crippen MR) is 63.0 cm³/mol. The summed E-state index contributed by atoms with van der Waals surface area (Å²) >= 11 is 3.29. The fourth-order valence-electron chi connectivity index (χ4n) is 1.47. The van der Waals surface area contributed by atoms with Crippen molar-refractivity contribution in [1.82, 2.24) is 0 Å². The van der Waals surface area contributed by atoms with Gasteiger partial charge in [0.2, 0.25) is 0 Å². The summed E-state index contributed by atoms with van der Waals surface area (Å²) in [5, 5.41) is 18.2. The highest BCUT2D eigenvalue weighted by Crippen LogP contribution is 2.36. The molecule has 1 rings (SSSR count). The Kier molecular flexibility index (Phi) is 4.18. The number of rotatable bonds is 4. The summed E-state index contributed by atoms with van der Waals surface area (Å²) in [7, 11) is 1.45. The fourth-order valence-corrected chi connectivity index (χ4v) is 2.19. The van der Waals surface area contributed by atoms with Gasteiger partial charge in [-0.05, 0) is 23.6 Å². The van der Waals surface area contributed by atoms with Gasteiger partial charge in [0.15, 0.2) is 11.5 Å². The molecule has 16 heavy (non-hydrogen) atoms. The Morgan fingerprint density at radius 1 is 1.56 bits per heavy atom. The zero-order valence-electron chi connectivity index (χ0n) is 9.03. The van der Waals surface area contributed by atoms with E-state index in [1.54, 1.807) is 6.07 Å². The van der Waals surface area contributed by atoms with Gasteiger partial charge < -0.3 is 14.9 Å². The third-order valence-corrected chi connectivity index (χ3v) is 3.00. The zero-order chi connectivity index (χ0) is 12.3. The van der Waals surface area contributed by atoms with Crippen LogP contribution in [0.4, 0.5) is 0 Å². The highest BCUT2D eigenvalue weighted by molar-refractivity contribution is 9.10.